The van der Waals surface area contributed by atoms with Crippen molar-refractivity contribution in [1.29, 1.82) is 5.26 Å². The van der Waals surface area contributed by atoms with Gasteiger partial charge in [0.2, 0.25) is 5.69 Å². The molecule has 0 spiro atoms. The monoisotopic (exact) mass is 458 g/mol. The minimum Gasteiger partial charge on any atom is -0.310 e. The van der Waals surface area contributed by atoms with E-state index < -0.39 is 0 Å². The van der Waals surface area contributed by atoms with Crippen molar-refractivity contribution >= 4 is 49.3 Å². The lowest BCUT2D eigenvalue weighted by Crippen LogP contribution is -2.02. The van der Waals surface area contributed by atoms with Gasteiger partial charge in [0.15, 0.2) is 0 Å². The second kappa shape index (κ2) is 7.60. The maximum Gasteiger partial charge on any atom is 0.208 e. The molecule has 4 nitrogen and oxygen atoms in total. The van der Waals surface area contributed by atoms with Gasteiger partial charge in [-0.3, -0.25) is 0 Å². The van der Waals surface area contributed by atoms with Gasteiger partial charge in [0.25, 0.3) is 0 Å². The van der Waals surface area contributed by atoms with Gasteiger partial charge in [-0.2, -0.15) is 5.26 Å². The summed E-state index contributed by atoms with van der Waals surface area (Å²) in [5, 5.41) is 14.8. The van der Waals surface area contributed by atoms with E-state index in [0.29, 0.717) is 16.9 Å². The molecule has 0 aliphatic carbocycles. The molecule has 0 fully saturated rings. The molecule has 4 heteroatoms. The number of hydrogen-bond donors (Lipinski definition) is 0. The lowest BCUT2D eigenvalue weighted by atomic mass is 10.1. The van der Waals surface area contributed by atoms with Crippen LogP contribution < -0.4 is 0 Å². The number of rotatable bonds is 2. The van der Waals surface area contributed by atoms with Crippen molar-refractivity contribution in [2.24, 2.45) is 0 Å². The van der Waals surface area contributed by atoms with E-state index >= 15 is 0 Å². The lowest BCUT2D eigenvalue weighted by molar-refractivity contribution is 1.13. The number of hydrogen-bond acceptors (Lipinski definition) is 1. The number of fused-ring (bicyclic) bond motifs is 6. The van der Waals surface area contributed by atoms with Crippen molar-refractivity contribution in [3.05, 3.63) is 126 Å². The Morgan fingerprint density at radius 3 is 1.42 bits per heavy atom. The first-order valence-corrected chi connectivity index (χ1v) is 11.7. The third-order valence-electron chi connectivity index (χ3n) is 6.97. The van der Waals surface area contributed by atoms with Crippen LogP contribution in [0.3, 0.4) is 0 Å². The fraction of sp³-hybridized carbons (Fsp3) is 0. The zero-order valence-corrected chi connectivity index (χ0v) is 19.2. The van der Waals surface area contributed by atoms with Crippen molar-refractivity contribution in [2.45, 2.75) is 0 Å². The Morgan fingerprint density at radius 2 is 1.00 bits per heavy atom. The van der Waals surface area contributed by atoms with Gasteiger partial charge >= 0.3 is 0 Å². The first-order chi connectivity index (χ1) is 17.8. The molecular weight excluding hydrogens is 440 g/mol. The Labute approximate surface area is 207 Å². The molecule has 5 aromatic carbocycles. The summed E-state index contributed by atoms with van der Waals surface area (Å²) in [7, 11) is 0. The predicted molar refractivity (Wildman–Crippen MR) is 146 cm³/mol. The van der Waals surface area contributed by atoms with E-state index in [1.807, 2.05) is 60.7 Å². The number of para-hydroxylation sites is 4. The molecule has 0 unspecified atom stereocenters. The Balaban J connectivity index is 1.66. The summed E-state index contributed by atoms with van der Waals surface area (Å²) in [6.45, 7) is 7.94. The van der Waals surface area contributed by atoms with Crippen LogP contribution in [0.5, 0.6) is 0 Å². The molecule has 2 heterocycles. The summed E-state index contributed by atoms with van der Waals surface area (Å²) >= 11 is 0. The van der Waals surface area contributed by atoms with E-state index in [-0.39, 0.29) is 0 Å². The third kappa shape index (κ3) is 2.67. The molecule has 0 N–H and O–H groups in total. The van der Waals surface area contributed by atoms with Crippen LogP contribution in [0, 0.1) is 17.9 Å². The molecule has 166 valence electrons. The SMILES string of the molecule is [C-]#[N+]c1cc(-n2c3ccccc3c3ccccc32)cc(-n2c3ccccc3c3ccccc32)c1C#N. The number of benzene rings is 5. The van der Waals surface area contributed by atoms with Crippen LogP contribution in [0.15, 0.2) is 109 Å². The van der Waals surface area contributed by atoms with Crippen molar-refractivity contribution in [2.75, 3.05) is 0 Å². The Morgan fingerprint density at radius 1 is 0.583 bits per heavy atom. The first-order valence-electron chi connectivity index (χ1n) is 11.7. The first kappa shape index (κ1) is 20.1. The van der Waals surface area contributed by atoms with Crippen molar-refractivity contribution < 1.29 is 0 Å². The topological polar surface area (TPSA) is 38.0 Å². The van der Waals surface area contributed by atoms with Gasteiger partial charge in [-0.1, -0.05) is 72.8 Å². The van der Waals surface area contributed by atoms with Crippen LogP contribution in [-0.4, -0.2) is 9.13 Å². The van der Waals surface area contributed by atoms with E-state index in [4.69, 9.17) is 6.57 Å². The molecule has 0 radical (unpaired) electrons. The quantitative estimate of drug-likeness (QED) is 0.240. The van der Waals surface area contributed by atoms with Crippen LogP contribution >= 0.6 is 0 Å². The molecule has 0 saturated heterocycles. The maximum atomic E-state index is 10.2. The smallest absolute Gasteiger partial charge is 0.208 e. The van der Waals surface area contributed by atoms with Gasteiger partial charge in [-0.05, 0) is 36.4 Å². The Kier molecular flexibility index (Phi) is 4.24. The van der Waals surface area contributed by atoms with Crippen LogP contribution in [0.2, 0.25) is 0 Å². The molecule has 0 bridgehead atoms. The molecule has 2 aromatic heterocycles. The highest BCUT2D eigenvalue weighted by atomic mass is 15.0. The number of nitrogens with zero attached hydrogens (tertiary/aromatic N) is 4. The van der Waals surface area contributed by atoms with Gasteiger partial charge < -0.3 is 9.13 Å². The molecule has 0 atom stereocenters. The number of nitriles is 1. The molecule has 36 heavy (non-hydrogen) atoms. The highest BCUT2D eigenvalue weighted by Crippen LogP contribution is 2.39. The minimum absolute atomic E-state index is 0.341. The second-order valence-electron chi connectivity index (χ2n) is 8.82. The molecule has 0 aliphatic heterocycles. The van der Waals surface area contributed by atoms with Gasteiger partial charge in [-0.15, -0.1) is 0 Å². The van der Waals surface area contributed by atoms with Crippen LogP contribution in [-0.2, 0) is 0 Å². The minimum atomic E-state index is 0.341. The van der Waals surface area contributed by atoms with Crippen molar-refractivity contribution in [3.8, 4) is 17.4 Å². The predicted octanol–water partition coefficient (Wildman–Crippen LogP) is 8.30. The van der Waals surface area contributed by atoms with Crippen molar-refractivity contribution in [3.63, 3.8) is 0 Å². The van der Waals surface area contributed by atoms with Crippen LogP contribution in [0.1, 0.15) is 5.56 Å². The molecule has 7 rings (SSSR count). The Hall–Kier alpha value is -5.32. The highest BCUT2D eigenvalue weighted by Gasteiger charge is 2.20. The summed E-state index contributed by atoms with van der Waals surface area (Å²) < 4.78 is 4.31. The summed E-state index contributed by atoms with van der Waals surface area (Å²) in [5.74, 6) is 0. The second-order valence-corrected chi connectivity index (χ2v) is 8.82. The van der Waals surface area contributed by atoms with E-state index in [1.165, 1.54) is 0 Å². The third-order valence-corrected chi connectivity index (χ3v) is 6.97. The Bertz CT molecular complexity index is 1970. The zero-order valence-electron chi connectivity index (χ0n) is 19.2. The average Bonchev–Trinajstić information content (AvgIpc) is 3.45. The van der Waals surface area contributed by atoms with E-state index in [1.54, 1.807) is 0 Å². The van der Waals surface area contributed by atoms with Gasteiger partial charge in [0, 0.05) is 27.2 Å². The standard InChI is InChI=1S/C32H18N4/c1-34-27-18-21(35-28-14-6-2-10-22(28)23-11-3-7-15-29(23)35)19-32(26(27)20-33)36-30-16-8-4-12-24(30)25-13-5-9-17-31(25)36/h2-19H. The van der Waals surface area contributed by atoms with Crippen LogP contribution in [0.25, 0.3) is 59.8 Å². The summed E-state index contributed by atoms with van der Waals surface area (Å²) in [5.41, 5.74) is 6.42. The summed E-state index contributed by atoms with van der Waals surface area (Å²) in [4.78, 5) is 3.80. The molecule has 7 aromatic rings. The van der Waals surface area contributed by atoms with E-state index in [9.17, 15) is 5.26 Å². The maximum absolute atomic E-state index is 10.2. The molecule has 0 saturated carbocycles. The van der Waals surface area contributed by atoms with Gasteiger partial charge in [0.1, 0.15) is 0 Å². The van der Waals surface area contributed by atoms with E-state index in [0.717, 1.165) is 49.3 Å². The fourth-order valence-corrected chi connectivity index (χ4v) is 5.49. The molecule has 0 amide bonds. The van der Waals surface area contributed by atoms with Gasteiger partial charge in [0.05, 0.1) is 46.0 Å². The zero-order chi connectivity index (χ0) is 24.2. The highest BCUT2D eigenvalue weighted by molar-refractivity contribution is 6.11. The van der Waals surface area contributed by atoms with Crippen LogP contribution in [0.4, 0.5) is 5.69 Å². The summed E-state index contributed by atoms with van der Waals surface area (Å²) in [6, 6.07) is 39.3. The fourth-order valence-electron chi connectivity index (χ4n) is 5.49. The summed E-state index contributed by atoms with van der Waals surface area (Å²) in [6.07, 6.45) is 0. The normalized spacial score (nSPS) is 11.3. The number of aromatic nitrogens is 2. The van der Waals surface area contributed by atoms with Crippen molar-refractivity contribution in [1.82, 2.24) is 9.13 Å². The molecular formula is C32H18N4. The molecule has 0 aliphatic rings. The average molecular weight is 459 g/mol. The lowest BCUT2D eigenvalue weighted by Gasteiger charge is -2.16. The van der Waals surface area contributed by atoms with E-state index in [2.05, 4.69) is 68.6 Å². The van der Waals surface area contributed by atoms with Gasteiger partial charge in [-0.25, -0.2) is 4.85 Å². The largest absolute Gasteiger partial charge is 0.310 e.